The number of carbonyl (C=O) groups excluding carboxylic acids is 1. The van der Waals surface area contributed by atoms with Gasteiger partial charge in [0, 0.05) is 35.9 Å². The van der Waals surface area contributed by atoms with Crippen LogP contribution in [-0.2, 0) is 17.9 Å². The molecule has 2 aromatic rings. The first kappa shape index (κ1) is 20.6. The summed E-state index contributed by atoms with van der Waals surface area (Å²) in [5, 5.41) is 0.748. The van der Waals surface area contributed by atoms with Crippen molar-refractivity contribution in [2.24, 2.45) is 5.41 Å². The first-order valence-corrected chi connectivity index (χ1v) is 9.75. The molecule has 0 aliphatic heterocycles. The number of hydrogen-bond donors (Lipinski definition) is 0. The molecule has 0 bridgehead atoms. The lowest BCUT2D eigenvalue weighted by atomic mass is 9.91. The van der Waals surface area contributed by atoms with Crippen molar-refractivity contribution >= 4 is 17.5 Å². The zero-order chi connectivity index (χ0) is 19.3. The summed E-state index contributed by atoms with van der Waals surface area (Å²) < 4.78 is 2.20. The molecule has 0 spiro atoms. The van der Waals surface area contributed by atoms with Crippen LogP contribution in [0.4, 0.5) is 0 Å². The van der Waals surface area contributed by atoms with Gasteiger partial charge in [-0.2, -0.15) is 0 Å². The van der Waals surface area contributed by atoms with E-state index in [0.29, 0.717) is 13.0 Å². The Morgan fingerprint density at radius 1 is 1.23 bits per heavy atom. The van der Waals surface area contributed by atoms with E-state index in [-0.39, 0.29) is 17.4 Å². The minimum atomic E-state index is -0.00836. The van der Waals surface area contributed by atoms with Crippen molar-refractivity contribution in [2.45, 2.75) is 66.6 Å². The maximum Gasteiger partial charge on any atom is 0.223 e. The van der Waals surface area contributed by atoms with Crippen molar-refractivity contribution in [3.8, 4) is 0 Å². The SMILES string of the molecule is CCC(C)N(Cc1cccn1Cc1cccc(Cl)c1)C(=O)CC(C)(C)C. The Labute approximate surface area is 163 Å². The standard InChI is InChI=1S/C22H31ClN2O/c1-6-17(2)25(21(26)14-22(3,4)5)16-20-11-8-12-24(20)15-18-9-7-10-19(23)13-18/h7-13,17H,6,14-16H2,1-5H3. The van der Waals surface area contributed by atoms with Crippen molar-refractivity contribution in [1.82, 2.24) is 9.47 Å². The van der Waals surface area contributed by atoms with Crippen LogP contribution in [0.5, 0.6) is 0 Å². The summed E-state index contributed by atoms with van der Waals surface area (Å²) in [5.41, 5.74) is 2.30. The molecule has 0 aliphatic carbocycles. The molecule has 1 aromatic carbocycles. The molecule has 26 heavy (non-hydrogen) atoms. The normalized spacial score (nSPS) is 12.8. The molecule has 1 unspecified atom stereocenters. The van der Waals surface area contributed by atoms with Gasteiger partial charge in [0.2, 0.25) is 5.91 Å². The van der Waals surface area contributed by atoms with E-state index in [1.807, 2.05) is 29.2 Å². The maximum absolute atomic E-state index is 12.9. The molecule has 0 radical (unpaired) electrons. The third-order valence-electron chi connectivity index (χ3n) is 4.62. The predicted molar refractivity (Wildman–Crippen MR) is 109 cm³/mol. The van der Waals surface area contributed by atoms with Gasteiger partial charge in [0.15, 0.2) is 0 Å². The Kier molecular flexibility index (Phi) is 6.94. The minimum Gasteiger partial charge on any atom is -0.345 e. The molecular formula is C22H31ClN2O. The van der Waals surface area contributed by atoms with Crippen LogP contribution in [0.3, 0.4) is 0 Å². The lowest BCUT2D eigenvalue weighted by Gasteiger charge is -2.31. The van der Waals surface area contributed by atoms with Crippen LogP contribution in [0.15, 0.2) is 42.6 Å². The van der Waals surface area contributed by atoms with Gasteiger partial charge in [0.25, 0.3) is 0 Å². The van der Waals surface area contributed by atoms with Crippen LogP contribution in [-0.4, -0.2) is 21.4 Å². The number of hydrogen-bond acceptors (Lipinski definition) is 1. The van der Waals surface area contributed by atoms with Crippen molar-refractivity contribution < 1.29 is 4.79 Å². The van der Waals surface area contributed by atoms with E-state index in [4.69, 9.17) is 11.6 Å². The second-order valence-electron chi connectivity index (χ2n) is 8.27. The fourth-order valence-corrected chi connectivity index (χ4v) is 3.23. The highest BCUT2D eigenvalue weighted by Crippen LogP contribution is 2.23. The molecular weight excluding hydrogens is 344 g/mol. The van der Waals surface area contributed by atoms with E-state index in [1.165, 1.54) is 0 Å². The Balaban J connectivity index is 2.18. The van der Waals surface area contributed by atoms with Gasteiger partial charge >= 0.3 is 0 Å². The Morgan fingerprint density at radius 2 is 1.96 bits per heavy atom. The average molecular weight is 375 g/mol. The number of nitrogens with zero attached hydrogens (tertiary/aromatic N) is 2. The fourth-order valence-electron chi connectivity index (χ4n) is 3.02. The van der Waals surface area contributed by atoms with Gasteiger partial charge in [-0.15, -0.1) is 0 Å². The molecule has 0 N–H and O–H groups in total. The smallest absolute Gasteiger partial charge is 0.223 e. The number of aromatic nitrogens is 1. The van der Waals surface area contributed by atoms with Crippen LogP contribution < -0.4 is 0 Å². The van der Waals surface area contributed by atoms with Crippen molar-refractivity contribution in [2.75, 3.05) is 0 Å². The van der Waals surface area contributed by atoms with Crippen LogP contribution >= 0.6 is 11.6 Å². The van der Waals surface area contributed by atoms with Gasteiger partial charge in [-0.05, 0) is 48.6 Å². The summed E-state index contributed by atoms with van der Waals surface area (Å²) >= 11 is 6.11. The molecule has 1 heterocycles. The Hall–Kier alpha value is -1.74. The first-order chi connectivity index (χ1) is 12.2. The van der Waals surface area contributed by atoms with E-state index in [2.05, 4.69) is 57.5 Å². The molecule has 3 nitrogen and oxygen atoms in total. The topological polar surface area (TPSA) is 25.2 Å². The molecule has 0 saturated carbocycles. The van der Waals surface area contributed by atoms with Crippen LogP contribution in [0.2, 0.25) is 5.02 Å². The van der Waals surface area contributed by atoms with Gasteiger partial charge in [-0.1, -0.05) is 51.4 Å². The summed E-state index contributed by atoms with van der Waals surface area (Å²) in [6.45, 7) is 12.0. The molecule has 1 amide bonds. The lowest BCUT2D eigenvalue weighted by Crippen LogP contribution is -2.39. The number of benzene rings is 1. The lowest BCUT2D eigenvalue weighted by molar-refractivity contribution is -0.136. The van der Waals surface area contributed by atoms with E-state index >= 15 is 0 Å². The Morgan fingerprint density at radius 3 is 2.58 bits per heavy atom. The second kappa shape index (κ2) is 8.77. The second-order valence-corrected chi connectivity index (χ2v) is 8.71. The molecule has 1 atom stereocenters. The summed E-state index contributed by atoms with van der Waals surface area (Å²) in [6.07, 6.45) is 3.58. The van der Waals surface area contributed by atoms with E-state index in [1.54, 1.807) is 0 Å². The van der Waals surface area contributed by atoms with Gasteiger partial charge in [0.05, 0.1) is 6.54 Å². The molecule has 0 fully saturated rings. The molecule has 0 saturated heterocycles. The highest BCUT2D eigenvalue weighted by Gasteiger charge is 2.25. The predicted octanol–water partition coefficient (Wildman–Crippen LogP) is 5.75. The minimum absolute atomic E-state index is 0.00836. The van der Waals surface area contributed by atoms with Gasteiger partial charge in [0.1, 0.15) is 0 Å². The quantitative estimate of drug-likeness (QED) is 0.605. The van der Waals surface area contributed by atoms with E-state index < -0.39 is 0 Å². The zero-order valence-electron chi connectivity index (χ0n) is 16.6. The van der Waals surface area contributed by atoms with Crippen LogP contribution in [0.1, 0.15) is 58.7 Å². The van der Waals surface area contributed by atoms with Crippen LogP contribution in [0.25, 0.3) is 0 Å². The number of amides is 1. The maximum atomic E-state index is 12.9. The molecule has 2 rings (SSSR count). The van der Waals surface area contributed by atoms with Crippen LogP contribution in [0, 0.1) is 5.41 Å². The van der Waals surface area contributed by atoms with Gasteiger partial charge in [-0.3, -0.25) is 4.79 Å². The highest BCUT2D eigenvalue weighted by atomic mass is 35.5. The monoisotopic (exact) mass is 374 g/mol. The third kappa shape index (κ3) is 5.91. The average Bonchev–Trinajstić information content (AvgIpc) is 2.97. The largest absolute Gasteiger partial charge is 0.345 e. The molecule has 142 valence electrons. The Bertz CT molecular complexity index is 730. The van der Waals surface area contributed by atoms with Crippen molar-refractivity contribution in [3.05, 3.63) is 58.9 Å². The zero-order valence-corrected chi connectivity index (χ0v) is 17.4. The van der Waals surface area contributed by atoms with Crippen molar-refractivity contribution in [1.29, 1.82) is 0 Å². The third-order valence-corrected chi connectivity index (χ3v) is 4.86. The summed E-state index contributed by atoms with van der Waals surface area (Å²) in [6, 6.07) is 12.3. The van der Waals surface area contributed by atoms with E-state index in [0.717, 1.165) is 29.2 Å². The highest BCUT2D eigenvalue weighted by molar-refractivity contribution is 6.30. The number of carbonyl (C=O) groups is 1. The number of rotatable bonds is 7. The molecule has 4 heteroatoms. The number of halogens is 1. The fraction of sp³-hybridized carbons (Fsp3) is 0.500. The van der Waals surface area contributed by atoms with Crippen molar-refractivity contribution in [3.63, 3.8) is 0 Å². The first-order valence-electron chi connectivity index (χ1n) is 9.37. The van der Waals surface area contributed by atoms with E-state index in [9.17, 15) is 4.79 Å². The van der Waals surface area contributed by atoms with Gasteiger partial charge < -0.3 is 9.47 Å². The molecule has 1 aromatic heterocycles. The summed E-state index contributed by atoms with van der Waals surface area (Å²) in [4.78, 5) is 14.9. The summed E-state index contributed by atoms with van der Waals surface area (Å²) in [5.74, 6) is 0.224. The van der Waals surface area contributed by atoms with Gasteiger partial charge in [-0.25, -0.2) is 0 Å². The summed E-state index contributed by atoms with van der Waals surface area (Å²) in [7, 11) is 0. The molecule has 0 aliphatic rings.